The fourth-order valence-electron chi connectivity index (χ4n) is 3.79. The number of aryl methyl sites for hydroxylation is 3. The lowest BCUT2D eigenvalue weighted by Gasteiger charge is -2.24. The predicted molar refractivity (Wildman–Crippen MR) is 110 cm³/mol. The summed E-state index contributed by atoms with van der Waals surface area (Å²) < 4.78 is 11.2. The molecule has 0 radical (unpaired) electrons. The molecule has 0 unspecified atom stereocenters. The Morgan fingerprint density at radius 2 is 1.71 bits per heavy atom. The second-order valence-electron chi connectivity index (χ2n) is 7.60. The average molecular weight is 384 g/mol. The molecule has 2 aromatic rings. The maximum absolute atomic E-state index is 12.3. The van der Waals surface area contributed by atoms with Crippen LogP contribution in [0.4, 0.5) is 0 Å². The van der Waals surface area contributed by atoms with Crippen LogP contribution < -0.4 is 15.0 Å². The van der Waals surface area contributed by atoms with Crippen molar-refractivity contribution in [1.82, 2.24) is 5.32 Å². The molecule has 3 rings (SSSR count). The van der Waals surface area contributed by atoms with E-state index < -0.39 is 0 Å². The van der Waals surface area contributed by atoms with Crippen LogP contribution in [-0.2, 0) is 22.6 Å². The van der Waals surface area contributed by atoms with Gasteiger partial charge in [-0.3, -0.25) is 4.79 Å². The van der Waals surface area contributed by atoms with Crippen LogP contribution in [0.5, 0.6) is 5.75 Å². The zero-order valence-electron chi connectivity index (χ0n) is 17.1. The van der Waals surface area contributed by atoms with E-state index in [2.05, 4.69) is 42.6 Å². The van der Waals surface area contributed by atoms with Gasteiger partial charge in [-0.2, -0.15) is 0 Å². The van der Waals surface area contributed by atoms with Crippen LogP contribution in [0.3, 0.4) is 0 Å². The number of benzene rings is 2. The van der Waals surface area contributed by atoms with Gasteiger partial charge in [-0.05, 0) is 37.5 Å². The summed E-state index contributed by atoms with van der Waals surface area (Å²) in [6.45, 7) is 11.3. The highest BCUT2D eigenvalue weighted by molar-refractivity contribution is 5.77. The fraction of sp³-hybridized carbons (Fsp3) is 0.435. The van der Waals surface area contributed by atoms with E-state index >= 15 is 0 Å². The van der Waals surface area contributed by atoms with Crippen LogP contribution in [0, 0.1) is 20.8 Å². The second kappa shape index (κ2) is 9.71. The van der Waals surface area contributed by atoms with Gasteiger partial charge in [0, 0.05) is 12.1 Å². The van der Waals surface area contributed by atoms with Gasteiger partial charge in [0.2, 0.25) is 0 Å². The van der Waals surface area contributed by atoms with Gasteiger partial charge >= 0.3 is 0 Å². The molecule has 1 amide bonds. The van der Waals surface area contributed by atoms with Crippen LogP contribution in [0.2, 0.25) is 0 Å². The zero-order chi connectivity index (χ0) is 19.9. The molecule has 0 aliphatic carbocycles. The Labute approximate surface area is 167 Å². The van der Waals surface area contributed by atoms with E-state index in [0.717, 1.165) is 55.3 Å². The van der Waals surface area contributed by atoms with Gasteiger partial charge in [0.1, 0.15) is 25.4 Å². The number of hydrogen-bond donors (Lipinski definition) is 2. The van der Waals surface area contributed by atoms with E-state index in [1.165, 1.54) is 16.0 Å². The molecule has 5 nitrogen and oxygen atoms in total. The van der Waals surface area contributed by atoms with Gasteiger partial charge in [0.05, 0.1) is 13.2 Å². The van der Waals surface area contributed by atoms with Crippen molar-refractivity contribution in [2.75, 3.05) is 32.9 Å². The van der Waals surface area contributed by atoms with E-state index in [-0.39, 0.29) is 12.5 Å². The molecule has 150 valence electrons. The lowest BCUT2D eigenvalue weighted by Crippen LogP contribution is -3.12. The normalized spacial score (nSPS) is 14.7. The first-order chi connectivity index (χ1) is 13.5. The monoisotopic (exact) mass is 383 g/mol. The van der Waals surface area contributed by atoms with Crippen molar-refractivity contribution in [1.29, 1.82) is 0 Å². The minimum atomic E-state index is -0.104. The molecule has 28 heavy (non-hydrogen) atoms. The van der Waals surface area contributed by atoms with Crippen molar-refractivity contribution in [3.63, 3.8) is 0 Å². The van der Waals surface area contributed by atoms with Gasteiger partial charge in [0.25, 0.3) is 5.91 Å². The third kappa shape index (κ3) is 5.57. The van der Waals surface area contributed by atoms with Crippen molar-refractivity contribution in [2.45, 2.75) is 33.9 Å². The molecule has 0 bridgehead atoms. The molecule has 1 heterocycles. The summed E-state index contributed by atoms with van der Waals surface area (Å²) in [6, 6.07) is 12.5. The molecule has 1 fully saturated rings. The first-order valence-corrected chi connectivity index (χ1v) is 9.98. The van der Waals surface area contributed by atoms with Crippen LogP contribution in [0.1, 0.15) is 27.8 Å². The standard InChI is InChI=1S/C23H30N2O3/c1-17-12-18(2)23(19(3)13-17)28-16-22(26)24-14-20-6-4-5-7-21(20)15-25-8-10-27-11-9-25/h4-7,12-13H,8-11,14-16H2,1-3H3,(H,24,26)/p+1. The number of nitrogens with one attached hydrogen (secondary N) is 2. The van der Waals surface area contributed by atoms with Crippen molar-refractivity contribution >= 4 is 5.91 Å². The Hall–Kier alpha value is -2.37. The molecule has 0 saturated carbocycles. The number of rotatable bonds is 7. The van der Waals surface area contributed by atoms with Gasteiger partial charge in [-0.1, -0.05) is 42.0 Å². The van der Waals surface area contributed by atoms with Crippen molar-refractivity contribution in [3.8, 4) is 5.75 Å². The first kappa shape index (κ1) is 20.4. The first-order valence-electron chi connectivity index (χ1n) is 9.98. The van der Waals surface area contributed by atoms with Crippen molar-refractivity contribution in [2.24, 2.45) is 0 Å². The highest BCUT2D eigenvalue weighted by atomic mass is 16.5. The molecule has 2 N–H and O–H groups in total. The molecule has 5 heteroatoms. The summed E-state index contributed by atoms with van der Waals surface area (Å²) in [5.41, 5.74) is 5.77. The Balaban J connectivity index is 1.53. The molecule has 0 spiro atoms. The maximum Gasteiger partial charge on any atom is 0.258 e. The Kier molecular flexibility index (Phi) is 7.06. The Morgan fingerprint density at radius 1 is 1.07 bits per heavy atom. The molecule has 0 atom stereocenters. The predicted octanol–water partition coefficient (Wildman–Crippen LogP) is 1.72. The summed E-state index contributed by atoms with van der Waals surface area (Å²) in [7, 11) is 0. The minimum absolute atomic E-state index is 0.0294. The van der Waals surface area contributed by atoms with Crippen LogP contribution in [0.15, 0.2) is 36.4 Å². The summed E-state index contributed by atoms with van der Waals surface area (Å²) in [5, 5.41) is 3.00. The van der Waals surface area contributed by atoms with E-state index in [1.54, 1.807) is 0 Å². The summed E-state index contributed by atoms with van der Waals surface area (Å²) in [5.74, 6) is 0.699. The van der Waals surface area contributed by atoms with Crippen molar-refractivity contribution in [3.05, 3.63) is 64.2 Å². The van der Waals surface area contributed by atoms with E-state index in [4.69, 9.17) is 9.47 Å². The van der Waals surface area contributed by atoms with Gasteiger partial charge in [-0.15, -0.1) is 0 Å². The molecular formula is C23H31N2O3+. The van der Waals surface area contributed by atoms with E-state index in [0.29, 0.717) is 6.54 Å². The number of ether oxygens (including phenoxy) is 2. The average Bonchev–Trinajstić information content (AvgIpc) is 2.67. The Bertz CT molecular complexity index is 790. The number of amides is 1. The third-order valence-corrected chi connectivity index (χ3v) is 5.19. The summed E-state index contributed by atoms with van der Waals surface area (Å²) in [6.07, 6.45) is 0. The number of carbonyl (C=O) groups excluding carboxylic acids is 1. The highest BCUT2D eigenvalue weighted by Crippen LogP contribution is 2.24. The number of morpholine rings is 1. The zero-order valence-corrected chi connectivity index (χ0v) is 17.1. The molecule has 0 aromatic heterocycles. The van der Waals surface area contributed by atoms with E-state index in [1.807, 2.05) is 19.9 Å². The smallest absolute Gasteiger partial charge is 0.258 e. The van der Waals surface area contributed by atoms with Gasteiger partial charge in [-0.25, -0.2) is 0 Å². The second-order valence-corrected chi connectivity index (χ2v) is 7.60. The molecule has 1 aliphatic rings. The van der Waals surface area contributed by atoms with Crippen LogP contribution in [-0.4, -0.2) is 38.8 Å². The SMILES string of the molecule is Cc1cc(C)c(OCC(=O)NCc2ccccc2C[NH+]2CCOCC2)c(C)c1. The molecule has 1 saturated heterocycles. The van der Waals surface area contributed by atoms with Crippen LogP contribution >= 0.6 is 0 Å². The lowest BCUT2D eigenvalue weighted by atomic mass is 10.1. The topological polar surface area (TPSA) is 52.0 Å². The van der Waals surface area contributed by atoms with E-state index in [9.17, 15) is 4.79 Å². The third-order valence-electron chi connectivity index (χ3n) is 5.19. The largest absolute Gasteiger partial charge is 0.483 e. The minimum Gasteiger partial charge on any atom is -0.483 e. The summed E-state index contributed by atoms with van der Waals surface area (Å²) in [4.78, 5) is 13.8. The molecular weight excluding hydrogens is 352 g/mol. The van der Waals surface area contributed by atoms with Crippen LogP contribution in [0.25, 0.3) is 0 Å². The van der Waals surface area contributed by atoms with Crippen molar-refractivity contribution < 1.29 is 19.2 Å². The molecule has 1 aliphatic heterocycles. The Morgan fingerprint density at radius 3 is 2.39 bits per heavy atom. The maximum atomic E-state index is 12.3. The highest BCUT2D eigenvalue weighted by Gasteiger charge is 2.16. The fourth-order valence-corrected chi connectivity index (χ4v) is 3.79. The molecule has 2 aromatic carbocycles. The van der Waals surface area contributed by atoms with Gasteiger partial charge < -0.3 is 19.7 Å². The summed E-state index contributed by atoms with van der Waals surface area (Å²) >= 11 is 0. The van der Waals surface area contributed by atoms with Gasteiger partial charge in [0.15, 0.2) is 6.61 Å². The number of hydrogen-bond acceptors (Lipinski definition) is 3. The lowest BCUT2D eigenvalue weighted by molar-refractivity contribution is -0.921. The number of carbonyl (C=O) groups is 1. The number of quaternary nitrogens is 1. The quantitative estimate of drug-likeness (QED) is 0.766.